The summed E-state index contributed by atoms with van der Waals surface area (Å²) in [6.07, 6.45) is 0. The third-order valence-corrected chi connectivity index (χ3v) is 2.53. The van der Waals surface area contributed by atoms with Gasteiger partial charge < -0.3 is 0 Å². The zero-order chi connectivity index (χ0) is 12.3. The van der Waals surface area contributed by atoms with Crippen LogP contribution < -0.4 is 11.3 Å². The van der Waals surface area contributed by atoms with E-state index in [9.17, 15) is 4.79 Å². The number of amides is 1. The van der Waals surface area contributed by atoms with Gasteiger partial charge in [-0.25, -0.2) is 5.84 Å². The van der Waals surface area contributed by atoms with Crippen LogP contribution in [0.4, 0.5) is 0 Å². The molecule has 86 valence electrons. The van der Waals surface area contributed by atoms with Gasteiger partial charge in [-0.3, -0.25) is 15.2 Å². The van der Waals surface area contributed by atoms with Crippen molar-refractivity contribution < 1.29 is 4.79 Å². The lowest BCUT2D eigenvalue weighted by molar-refractivity contribution is 0.0952. The second kappa shape index (κ2) is 4.76. The molecule has 1 amide bonds. The fourth-order valence-electron chi connectivity index (χ4n) is 1.65. The van der Waals surface area contributed by atoms with Crippen molar-refractivity contribution in [1.82, 2.24) is 10.4 Å². The van der Waals surface area contributed by atoms with Crippen LogP contribution in [0, 0.1) is 6.92 Å². The number of benzene rings is 1. The number of hydrogen-bond acceptors (Lipinski definition) is 3. The quantitative estimate of drug-likeness (QED) is 0.466. The summed E-state index contributed by atoms with van der Waals surface area (Å²) in [4.78, 5) is 15.8. The minimum atomic E-state index is -0.324. The van der Waals surface area contributed by atoms with Crippen molar-refractivity contribution in [3.8, 4) is 11.3 Å². The van der Waals surface area contributed by atoms with Crippen molar-refractivity contribution in [1.29, 1.82) is 0 Å². The maximum atomic E-state index is 11.4. The molecule has 1 aromatic carbocycles. The first-order chi connectivity index (χ1) is 8.22. The second-order valence-electron chi connectivity index (χ2n) is 3.67. The Hall–Kier alpha value is -2.20. The van der Waals surface area contributed by atoms with E-state index in [4.69, 9.17) is 5.84 Å². The molecule has 0 aliphatic carbocycles. The molecule has 0 aliphatic rings. The molecule has 0 spiro atoms. The molecule has 1 heterocycles. The summed E-state index contributed by atoms with van der Waals surface area (Å²) in [5.74, 6) is 4.77. The molecule has 0 unspecified atom stereocenters. The SMILES string of the molecule is Cc1nc(-c2ccccc2)ccc1C(=O)NN. The summed E-state index contributed by atoms with van der Waals surface area (Å²) in [5, 5.41) is 0. The number of aryl methyl sites for hydroxylation is 1. The smallest absolute Gasteiger partial charge is 0.267 e. The lowest BCUT2D eigenvalue weighted by atomic mass is 10.1. The predicted molar refractivity (Wildman–Crippen MR) is 66.1 cm³/mol. The Morgan fingerprint density at radius 1 is 1.18 bits per heavy atom. The Balaban J connectivity index is 2.41. The van der Waals surface area contributed by atoms with E-state index in [-0.39, 0.29) is 5.91 Å². The summed E-state index contributed by atoms with van der Waals surface area (Å²) in [5.41, 5.74) is 5.12. The van der Waals surface area contributed by atoms with E-state index in [0.717, 1.165) is 11.3 Å². The number of nitrogens with two attached hydrogens (primary N) is 1. The van der Waals surface area contributed by atoms with Crippen molar-refractivity contribution in [3.63, 3.8) is 0 Å². The van der Waals surface area contributed by atoms with Crippen LogP contribution in [0.15, 0.2) is 42.5 Å². The number of nitrogen functional groups attached to an aromatic ring is 1. The molecule has 3 N–H and O–H groups in total. The molecule has 4 nitrogen and oxygen atoms in total. The number of hydrazine groups is 1. The highest BCUT2D eigenvalue weighted by atomic mass is 16.2. The fraction of sp³-hybridized carbons (Fsp3) is 0.0769. The zero-order valence-electron chi connectivity index (χ0n) is 9.47. The summed E-state index contributed by atoms with van der Waals surface area (Å²) < 4.78 is 0. The summed E-state index contributed by atoms with van der Waals surface area (Å²) in [6, 6.07) is 13.3. The molecule has 0 radical (unpaired) electrons. The highest BCUT2D eigenvalue weighted by molar-refractivity contribution is 5.95. The molecule has 1 aromatic heterocycles. The maximum absolute atomic E-state index is 11.4. The molecule has 2 rings (SSSR count). The summed E-state index contributed by atoms with van der Waals surface area (Å²) in [6.45, 7) is 1.79. The van der Waals surface area contributed by atoms with Crippen LogP contribution in [0.25, 0.3) is 11.3 Å². The summed E-state index contributed by atoms with van der Waals surface area (Å²) >= 11 is 0. The van der Waals surface area contributed by atoms with Gasteiger partial charge in [-0.2, -0.15) is 0 Å². The standard InChI is InChI=1S/C13H13N3O/c1-9-11(13(17)16-14)7-8-12(15-9)10-5-3-2-4-6-10/h2-8H,14H2,1H3,(H,16,17). The number of rotatable bonds is 2. The van der Waals surface area contributed by atoms with Crippen LogP contribution in [-0.2, 0) is 0 Å². The van der Waals surface area contributed by atoms with E-state index in [2.05, 4.69) is 10.4 Å². The number of pyridine rings is 1. The molecule has 0 bridgehead atoms. The van der Waals surface area contributed by atoms with Gasteiger partial charge in [-0.05, 0) is 19.1 Å². The largest absolute Gasteiger partial charge is 0.290 e. The van der Waals surface area contributed by atoms with Gasteiger partial charge in [0.1, 0.15) is 0 Å². The first-order valence-corrected chi connectivity index (χ1v) is 5.26. The minimum Gasteiger partial charge on any atom is -0.290 e. The average molecular weight is 227 g/mol. The molecular weight excluding hydrogens is 214 g/mol. The molecular formula is C13H13N3O. The molecule has 0 atom stereocenters. The lowest BCUT2D eigenvalue weighted by Gasteiger charge is -2.06. The van der Waals surface area contributed by atoms with Crippen molar-refractivity contribution in [2.24, 2.45) is 5.84 Å². The second-order valence-corrected chi connectivity index (χ2v) is 3.67. The van der Waals surface area contributed by atoms with E-state index in [1.807, 2.05) is 36.4 Å². The fourth-order valence-corrected chi connectivity index (χ4v) is 1.65. The normalized spacial score (nSPS) is 10.0. The van der Waals surface area contributed by atoms with Crippen molar-refractivity contribution in [3.05, 3.63) is 53.7 Å². The number of nitrogens with one attached hydrogen (secondary N) is 1. The van der Waals surface area contributed by atoms with E-state index in [1.54, 1.807) is 13.0 Å². The molecule has 0 saturated carbocycles. The van der Waals surface area contributed by atoms with Gasteiger partial charge in [-0.15, -0.1) is 0 Å². The van der Waals surface area contributed by atoms with Gasteiger partial charge >= 0.3 is 0 Å². The number of hydrogen-bond donors (Lipinski definition) is 2. The van der Waals surface area contributed by atoms with E-state index in [1.165, 1.54) is 0 Å². The van der Waals surface area contributed by atoms with Crippen LogP contribution in [0.5, 0.6) is 0 Å². The van der Waals surface area contributed by atoms with Crippen molar-refractivity contribution in [2.45, 2.75) is 6.92 Å². The maximum Gasteiger partial charge on any atom is 0.267 e. The van der Waals surface area contributed by atoms with E-state index >= 15 is 0 Å². The topological polar surface area (TPSA) is 68.0 Å². The van der Waals surface area contributed by atoms with Gasteiger partial charge in [0.15, 0.2) is 0 Å². The summed E-state index contributed by atoms with van der Waals surface area (Å²) in [7, 11) is 0. The van der Waals surface area contributed by atoms with Gasteiger partial charge in [0.2, 0.25) is 0 Å². The first kappa shape index (κ1) is 11.3. The molecule has 0 fully saturated rings. The van der Waals surface area contributed by atoms with Crippen LogP contribution in [0.2, 0.25) is 0 Å². The number of carbonyl (C=O) groups is 1. The average Bonchev–Trinajstić information content (AvgIpc) is 2.39. The molecule has 2 aromatic rings. The Morgan fingerprint density at radius 3 is 2.47 bits per heavy atom. The third-order valence-electron chi connectivity index (χ3n) is 2.53. The molecule has 0 saturated heterocycles. The Morgan fingerprint density at radius 2 is 1.88 bits per heavy atom. The Labute approximate surface area is 99.5 Å². The van der Waals surface area contributed by atoms with Crippen LogP contribution in [-0.4, -0.2) is 10.9 Å². The number of aromatic nitrogens is 1. The molecule has 0 aliphatic heterocycles. The Kier molecular flexibility index (Phi) is 3.16. The molecule has 17 heavy (non-hydrogen) atoms. The van der Waals surface area contributed by atoms with Crippen LogP contribution >= 0.6 is 0 Å². The lowest BCUT2D eigenvalue weighted by Crippen LogP contribution is -2.30. The van der Waals surface area contributed by atoms with Gasteiger partial charge in [-0.1, -0.05) is 30.3 Å². The Bertz CT molecular complexity index is 538. The predicted octanol–water partition coefficient (Wildman–Crippen LogP) is 1.66. The van der Waals surface area contributed by atoms with Crippen LogP contribution in [0.1, 0.15) is 16.1 Å². The van der Waals surface area contributed by atoms with Gasteiger partial charge in [0.25, 0.3) is 5.91 Å². The van der Waals surface area contributed by atoms with Gasteiger partial charge in [0.05, 0.1) is 17.0 Å². The third kappa shape index (κ3) is 2.32. The highest BCUT2D eigenvalue weighted by Gasteiger charge is 2.09. The van der Waals surface area contributed by atoms with Crippen LogP contribution in [0.3, 0.4) is 0 Å². The van der Waals surface area contributed by atoms with E-state index < -0.39 is 0 Å². The van der Waals surface area contributed by atoms with E-state index in [0.29, 0.717) is 11.3 Å². The highest BCUT2D eigenvalue weighted by Crippen LogP contribution is 2.18. The number of nitrogens with zero attached hydrogens (tertiary/aromatic N) is 1. The van der Waals surface area contributed by atoms with Gasteiger partial charge in [0, 0.05) is 5.56 Å². The first-order valence-electron chi connectivity index (χ1n) is 5.26. The van der Waals surface area contributed by atoms with Crippen molar-refractivity contribution >= 4 is 5.91 Å². The number of carbonyl (C=O) groups excluding carboxylic acids is 1. The monoisotopic (exact) mass is 227 g/mol. The minimum absolute atomic E-state index is 0.324. The zero-order valence-corrected chi connectivity index (χ0v) is 9.47. The van der Waals surface area contributed by atoms with Crippen molar-refractivity contribution in [2.75, 3.05) is 0 Å². The molecule has 4 heteroatoms.